The molecule has 1 atom stereocenters. The number of amides is 1. The summed E-state index contributed by atoms with van der Waals surface area (Å²) in [6, 6.07) is 8.39. The van der Waals surface area contributed by atoms with Gasteiger partial charge in [0.05, 0.1) is 5.54 Å². The Labute approximate surface area is 115 Å². The molecule has 3 nitrogen and oxygen atoms in total. The van der Waals surface area contributed by atoms with Crippen LogP contribution in [-0.2, 0) is 11.2 Å². The molecule has 1 amide bonds. The van der Waals surface area contributed by atoms with Crippen LogP contribution in [-0.4, -0.2) is 17.5 Å². The second-order valence-corrected chi connectivity index (χ2v) is 5.16. The van der Waals surface area contributed by atoms with Gasteiger partial charge in [0.2, 0.25) is 5.91 Å². The van der Waals surface area contributed by atoms with Gasteiger partial charge in [-0.2, -0.15) is 0 Å². The highest BCUT2D eigenvalue weighted by Gasteiger charge is 2.46. The number of rotatable bonds is 4. The molecule has 0 radical (unpaired) electrons. The predicted molar refractivity (Wildman–Crippen MR) is 75.9 cm³/mol. The van der Waals surface area contributed by atoms with Crippen LogP contribution in [0.5, 0.6) is 0 Å². The molecule has 1 aromatic carbocycles. The second kappa shape index (κ2) is 5.72. The van der Waals surface area contributed by atoms with Crippen molar-refractivity contribution >= 4 is 18.3 Å². The number of nitrogens with one attached hydrogen (secondary N) is 1. The van der Waals surface area contributed by atoms with Crippen molar-refractivity contribution in [3.63, 3.8) is 0 Å². The van der Waals surface area contributed by atoms with E-state index in [1.165, 1.54) is 11.1 Å². The zero-order valence-corrected chi connectivity index (χ0v) is 11.7. The van der Waals surface area contributed by atoms with E-state index in [1.807, 2.05) is 19.1 Å². The summed E-state index contributed by atoms with van der Waals surface area (Å²) in [5.74, 6) is -0.00131. The summed E-state index contributed by atoms with van der Waals surface area (Å²) < 4.78 is 0. The van der Waals surface area contributed by atoms with Gasteiger partial charge in [-0.25, -0.2) is 0 Å². The molecule has 0 spiro atoms. The van der Waals surface area contributed by atoms with Crippen molar-refractivity contribution in [1.29, 1.82) is 0 Å². The molecular formula is C14H21ClN2O. The van der Waals surface area contributed by atoms with E-state index >= 15 is 0 Å². The van der Waals surface area contributed by atoms with Gasteiger partial charge in [-0.05, 0) is 44.2 Å². The van der Waals surface area contributed by atoms with Crippen LogP contribution in [0.4, 0.5) is 0 Å². The zero-order chi connectivity index (χ0) is 12.5. The van der Waals surface area contributed by atoms with Gasteiger partial charge in [0.15, 0.2) is 0 Å². The van der Waals surface area contributed by atoms with E-state index in [1.54, 1.807) is 0 Å². The largest absolute Gasteiger partial charge is 0.352 e. The van der Waals surface area contributed by atoms with E-state index < -0.39 is 5.54 Å². The third kappa shape index (κ3) is 3.47. The molecule has 0 aliphatic heterocycles. The predicted octanol–water partition coefficient (Wildman–Crippen LogP) is 1.96. The average molecular weight is 269 g/mol. The van der Waals surface area contributed by atoms with Gasteiger partial charge in [-0.1, -0.05) is 24.3 Å². The Morgan fingerprint density at radius 1 is 1.44 bits per heavy atom. The molecule has 0 bridgehead atoms. The van der Waals surface area contributed by atoms with Crippen molar-refractivity contribution in [2.45, 2.75) is 44.7 Å². The Hall–Kier alpha value is -1.06. The highest BCUT2D eigenvalue weighted by atomic mass is 35.5. The van der Waals surface area contributed by atoms with Gasteiger partial charge >= 0.3 is 0 Å². The Bertz CT molecular complexity index is 430. The van der Waals surface area contributed by atoms with Crippen molar-refractivity contribution < 1.29 is 4.79 Å². The first-order valence-corrected chi connectivity index (χ1v) is 6.16. The number of aryl methyl sites for hydroxylation is 1. The summed E-state index contributed by atoms with van der Waals surface area (Å²) in [6.45, 7) is 4.12. The minimum absolute atomic E-state index is 0. The van der Waals surface area contributed by atoms with Crippen LogP contribution in [0.15, 0.2) is 24.3 Å². The minimum Gasteiger partial charge on any atom is -0.352 e. The maximum absolute atomic E-state index is 11.8. The number of carbonyl (C=O) groups excluding carboxylic acids is 1. The lowest BCUT2D eigenvalue weighted by Gasteiger charge is -2.17. The lowest BCUT2D eigenvalue weighted by Crippen LogP contribution is -2.46. The first kappa shape index (κ1) is 15.0. The van der Waals surface area contributed by atoms with Crippen LogP contribution >= 0.6 is 12.4 Å². The summed E-state index contributed by atoms with van der Waals surface area (Å²) >= 11 is 0. The maximum Gasteiger partial charge on any atom is 0.240 e. The van der Waals surface area contributed by atoms with E-state index in [0.717, 1.165) is 19.3 Å². The first-order valence-electron chi connectivity index (χ1n) is 6.16. The molecule has 0 saturated heterocycles. The van der Waals surface area contributed by atoms with Gasteiger partial charge in [0.25, 0.3) is 0 Å². The third-order valence-electron chi connectivity index (χ3n) is 3.41. The molecule has 2 rings (SSSR count). The third-order valence-corrected chi connectivity index (χ3v) is 3.41. The molecule has 18 heavy (non-hydrogen) atoms. The fourth-order valence-electron chi connectivity index (χ4n) is 1.95. The zero-order valence-electron chi connectivity index (χ0n) is 10.9. The Morgan fingerprint density at radius 3 is 2.61 bits per heavy atom. The molecule has 3 N–H and O–H groups in total. The molecule has 4 heteroatoms. The van der Waals surface area contributed by atoms with Gasteiger partial charge in [0.1, 0.15) is 0 Å². The molecule has 1 fully saturated rings. The van der Waals surface area contributed by atoms with Crippen molar-refractivity contribution in [3.05, 3.63) is 35.4 Å². The molecular weight excluding hydrogens is 248 g/mol. The Kier molecular flexibility index (Phi) is 4.77. The maximum atomic E-state index is 11.8. The number of hydrogen-bond acceptors (Lipinski definition) is 2. The highest BCUT2D eigenvalue weighted by molar-refractivity contribution is 5.89. The van der Waals surface area contributed by atoms with E-state index in [0.29, 0.717) is 0 Å². The fourth-order valence-corrected chi connectivity index (χ4v) is 1.95. The Balaban J connectivity index is 0.00000162. The van der Waals surface area contributed by atoms with Crippen molar-refractivity contribution in [2.24, 2.45) is 5.73 Å². The average Bonchev–Trinajstić information content (AvgIpc) is 3.01. The molecule has 1 aliphatic carbocycles. The SMILES string of the molecule is Cc1ccccc1CC(C)NC(=O)C1(N)CC1.Cl. The summed E-state index contributed by atoms with van der Waals surface area (Å²) in [7, 11) is 0. The quantitative estimate of drug-likeness (QED) is 0.877. The molecule has 0 aromatic heterocycles. The van der Waals surface area contributed by atoms with Crippen molar-refractivity contribution in [3.8, 4) is 0 Å². The number of halogens is 1. The van der Waals surface area contributed by atoms with Gasteiger partial charge in [-0.15, -0.1) is 12.4 Å². The highest BCUT2D eigenvalue weighted by Crippen LogP contribution is 2.32. The fraction of sp³-hybridized carbons (Fsp3) is 0.500. The lowest BCUT2D eigenvalue weighted by atomic mass is 10.0. The smallest absolute Gasteiger partial charge is 0.240 e. The lowest BCUT2D eigenvalue weighted by molar-refractivity contribution is -0.123. The van der Waals surface area contributed by atoms with E-state index in [4.69, 9.17) is 5.73 Å². The number of benzene rings is 1. The summed E-state index contributed by atoms with van der Waals surface area (Å²) in [5, 5.41) is 2.99. The van der Waals surface area contributed by atoms with Crippen molar-refractivity contribution in [2.75, 3.05) is 0 Å². The topological polar surface area (TPSA) is 55.1 Å². The summed E-state index contributed by atoms with van der Waals surface area (Å²) in [6.07, 6.45) is 2.49. The van der Waals surface area contributed by atoms with Crippen molar-refractivity contribution in [1.82, 2.24) is 5.32 Å². The van der Waals surface area contributed by atoms with Gasteiger partial charge < -0.3 is 11.1 Å². The van der Waals surface area contributed by atoms with Gasteiger partial charge in [-0.3, -0.25) is 4.79 Å². The van der Waals surface area contributed by atoms with E-state index in [2.05, 4.69) is 24.4 Å². The normalized spacial score (nSPS) is 17.5. The monoisotopic (exact) mass is 268 g/mol. The number of nitrogens with two attached hydrogens (primary N) is 1. The second-order valence-electron chi connectivity index (χ2n) is 5.16. The molecule has 100 valence electrons. The minimum atomic E-state index is -0.569. The summed E-state index contributed by atoms with van der Waals surface area (Å²) in [4.78, 5) is 11.8. The molecule has 1 aromatic rings. The van der Waals surface area contributed by atoms with Crippen LogP contribution < -0.4 is 11.1 Å². The van der Waals surface area contributed by atoms with Crippen LogP contribution in [0.3, 0.4) is 0 Å². The van der Waals surface area contributed by atoms with E-state index in [9.17, 15) is 4.79 Å². The van der Waals surface area contributed by atoms with E-state index in [-0.39, 0.29) is 24.4 Å². The number of hydrogen-bond donors (Lipinski definition) is 2. The molecule has 0 heterocycles. The van der Waals surface area contributed by atoms with Crippen LogP contribution in [0.1, 0.15) is 30.9 Å². The van der Waals surface area contributed by atoms with Crippen LogP contribution in [0.25, 0.3) is 0 Å². The van der Waals surface area contributed by atoms with Crippen LogP contribution in [0.2, 0.25) is 0 Å². The van der Waals surface area contributed by atoms with Gasteiger partial charge in [0, 0.05) is 6.04 Å². The number of carbonyl (C=O) groups is 1. The van der Waals surface area contributed by atoms with Crippen LogP contribution in [0, 0.1) is 6.92 Å². The molecule has 1 unspecified atom stereocenters. The molecule has 1 saturated carbocycles. The standard InChI is InChI=1S/C14H20N2O.ClH/c1-10-5-3-4-6-12(10)9-11(2)16-13(17)14(15)7-8-14;/h3-6,11H,7-9,15H2,1-2H3,(H,16,17);1H. The molecule has 1 aliphatic rings. The first-order chi connectivity index (χ1) is 8.01. The Morgan fingerprint density at radius 2 is 2.06 bits per heavy atom. The summed E-state index contributed by atoms with van der Waals surface area (Å²) in [5.41, 5.74) is 7.83.